The van der Waals surface area contributed by atoms with Crippen molar-refractivity contribution in [3.8, 4) is 5.88 Å². The number of morpholine rings is 1. The van der Waals surface area contributed by atoms with Gasteiger partial charge in [0.25, 0.3) is 5.91 Å². The standard InChI is InChI=1S/C16H19ClN2O5/c1-9-6-19(7-13(24-9)16(21)22)15(20)11-4-12(17)14(18-5-11)23-8-10-2-3-10/h4-5,9-10,13H,2-3,6-8H2,1H3,(H,21,22)/t9-,13?/m1/s1. The molecule has 1 N–H and O–H groups in total. The van der Waals surface area contributed by atoms with Gasteiger partial charge in [-0.2, -0.15) is 0 Å². The number of pyridine rings is 1. The van der Waals surface area contributed by atoms with Crippen molar-refractivity contribution < 1.29 is 24.2 Å². The largest absolute Gasteiger partial charge is 0.479 e. The molecule has 0 aromatic carbocycles. The van der Waals surface area contributed by atoms with Gasteiger partial charge in [-0.05, 0) is 31.7 Å². The monoisotopic (exact) mass is 354 g/mol. The molecule has 0 spiro atoms. The van der Waals surface area contributed by atoms with Gasteiger partial charge in [0.05, 0.1) is 24.8 Å². The van der Waals surface area contributed by atoms with Gasteiger partial charge in [0.15, 0.2) is 6.10 Å². The maximum absolute atomic E-state index is 12.6. The van der Waals surface area contributed by atoms with Gasteiger partial charge in [-0.25, -0.2) is 9.78 Å². The van der Waals surface area contributed by atoms with E-state index in [1.165, 1.54) is 17.2 Å². The zero-order chi connectivity index (χ0) is 17.3. The van der Waals surface area contributed by atoms with Crippen molar-refractivity contribution in [2.24, 2.45) is 5.92 Å². The smallest absolute Gasteiger partial charge is 0.334 e. The number of amides is 1. The molecule has 2 fully saturated rings. The minimum Gasteiger partial charge on any atom is -0.479 e. The molecular formula is C16H19ClN2O5. The highest BCUT2D eigenvalue weighted by Gasteiger charge is 2.33. The minimum atomic E-state index is -1.08. The van der Waals surface area contributed by atoms with Crippen LogP contribution in [0.3, 0.4) is 0 Å². The van der Waals surface area contributed by atoms with Gasteiger partial charge in [-0.3, -0.25) is 4.79 Å². The second-order valence-electron chi connectivity index (χ2n) is 6.25. The lowest BCUT2D eigenvalue weighted by molar-refractivity contribution is -0.160. The molecule has 1 aromatic rings. The zero-order valence-electron chi connectivity index (χ0n) is 13.3. The van der Waals surface area contributed by atoms with Crippen LogP contribution in [0.4, 0.5) is 0 Å². The first-order chi connectivity index (χ1) is 11.4. The quantitative estimate of drug-likeness (QED) is 0.867. The van der Waals surface area contributed by atoms with Crippen LogP contribution in [-0.2, 0) is 9.53 Å². The molecule has 2 heterocycles. The average Bonchev–Trinajstić information content (AvgIpc) is 3.36. The van der Waals surface area contributed by atoms with Gasteiger partial charge >= 0.3 is 5.97 Å². The predicted octanol–water partition coefficient (Wildman–Crippen LogP) is 1.84. The number of aliphatic carboxylic acids is 1. The van der Waals surface area contributed by atoms with Gasteiger partial charge in [0.2, 0.25) is 5.88 Å². The topological polar surface area (TPSA) is 89.0 Å². The van der Waals surface area contributed by atoms with Crippen molar-refractivity contribution in [1.82, 2.24) is 9.88 Å². The summed E-state index contributed by atoms with van der Waals surface area (Å²) in [6.07, 6.45) is 2.35. The van der Waals surface area contributed by atoms with Crippen molar-refractivity contribution in [2.75, 3.05) is 19.7 Å². The molecular weight excluding hydrogens is 336 g/mol. The van der Waals surface area contributed by atoms with Gasteiger partial charge in [-0.1, -0.05) is 11.6 Å². The van der Waals surface area contributed by atoms with E-state index < -0.39 is 12.1 Å². The SMILES string of the molecule is C[C@@H]1CN(C(=O)c2cnc(OCC3CC3)c(Cl)c2)CC(C(=O)O)O1. The lowest BCUT2D eigenvalue weighted by atomic mass is 10.1. The number of rotatable bonds is 5. The second-order valence-corrected chi connectivity index (χ2v) is 6.66. The van der Waals surface area contributed by atoms with Crippen LogP contribution in [0.2, 0.25) is 5.02 Å². The Labute approximate surface area is 144 Å². The Balaban J connectivity index is 1.69. The molecule has 1 aromatic heterocycles. The summed E-state index contributed by atoms with van der Waals surface area (Å²) in [5.74, 6) is -0.510. The number of aromatic nitrogens is 1. The Morgan fingerprint density at radius 1 is 1.46 bits per heavy atom. The molecule has 1 saturated heterocycles. The van der Waals surface area contributed by atoms with Gasteiger partial charge in [0.1, 0.15) is 5.02 Å². The van der Waals surface area contributed by atoms with Crippen molar-refractivity contribution in [3.05, 3.63) is 22.8 Å². The van der Waals surface area contributed by atoms with Crippen molar-refractivity contribution in [2.45, 2.75) is 32.0 Å². The Morgan fingerprint density at radius 3 is 2.83 bits per heavy atom. The summed E-state index contributed by atoms with van der Waals surface area (Å²) in [4.78, 5) is 29.3. The molecule has 2 atom stereocenters. The second kappa shape index (κ2) is 6.94. The number of carboxylic acid groups (broad SMARTS) is 1. The number of hydrogen-bond acceptors (Lipinski definition) is 5. The molecule has 1 aliphatic heterocycles. The third-order valence-electron chi connectivity index (χ3n) is 4.03. The number of hydrogen-bond donors (Lipinski definition) is 1. The highest BCUT2D eigenvalue weighted by Crippen LogP contribution is 2.31. The van der Waals surface area contributed by atoms with Gasteiger partial charge in [-0.15, -0.1) is 0 Å². The van der Waals surface area contributed by atoms with E-state index in [-0.39, 0.29) is 23.6 Å². The summed E-state index contributed by atoms with van der Waals surface area (Å²) in [5, 5.41) is 9.38. The molecule has 1 aliphatic carbocycles. The van der Waals surface area contributed by atoms with Crippen molar-refractivity contribution in [3.63, 3.8) is 0 Å². The molecule has 1 saturated carbocycles. The normalized spacial score (nSPS) is 23.8. The molecule has 7 nitrogen and oxygen atoms in total. The highest BCUT2D eigenvalue weighted by atomic mass is 35.5. The molecule has 0 bridgehead atoms. The fourth-order valence-electron chi connectivity index (χ4n) is 2.57. The Bertz CT molecular complexity index is 649. The number of nitrogens with zero attached hydrogens (tertiary/aromatic N) is 2. The van der Waals surface area contributed by atoms with Crippen LogP contribution < -0.4 is 4.74 Å². The lowest BCUT2D eigenvalue weighted by Gasteiger charge is -2.34. The third kappa shape index (κ3) is 3.96. The number of carbonyl (C=O) groups excluding carboxylic acids is 1. The summed E-state index contributed by atoms with van der Waals surface area (Å²) in [6, 6.07) is 1.51. The molecule has 8 heteroatoms. The summed E-state index contributed by atoms with van der Waals surface area (Å²) >= 11 is 6.15. The molecule has 1 amide bonds. The summed E-state index contributed by atoms with van der Waals surface area (Å²) in [7, 11) is 0. The van der Waals surface area contributed by atoms with E-state index in [2.05, 4.69) is 4.98 Å². The van der Waals surface area contributed by atoms with Crippen LogP contribution in [0.5, 0.6) is 5.88 Å². The van der Waals surface area contributed by atoms with E-state index in [9.17, 15) is 9.59 Å². The van der Waals surface area contributed by atoms with Crippen LogP contribution >= 0.6 is 11.6 Å². The number of ether oxygens (including phenoxy) is 2. The molecule has 2 aliphatic rings. The first-order valence-corrected chi connectivity index (χ1v) is 8.27. The number of halogens is 1. The minimum absolute atomic E-state index is 0.00391. The molecule has 3 rings (SSSR count). The average molecular weight is 355 g/mol. The maximum atomic E-state index is 12.6. The highest BCUT2D eigenvalue weighted by molar-refractivity contribution is 6.32. The third-order valence-corrected chi connectivity index (χ3v) is 4.30. The number of carboxylic acids is 1. The summed E-state index contributed by atoms with van der Waals surface area (Å²) < 4.78 is 10.9. The van der Waals surface area contributed by atoms with E-state index in [4.69, 9.17) is 26.2 Å². The Kier molecular flexibility index (Phi) is 4.91. The molecule has 130 valence electrons. The summed E-state index contributed by atoms with van der Waals surface area (Å²) in [5.41, 5.74) is 0.303. The Morgan fingerprint density at radius 2 is 2.21 bits per heavy atom. The van der Waals surface area contributed by atoms with E-state index in [1.54, 1.807) is 6.92 Å². The van der Waals surface area contributed by atoms with Crippen molar-refractivity contribution in [1.29, 1.82) is 0 Å². The van der Waals surface area contributed by atoms with Crippen LogP contribution in [0, 0.1) is 5.92 Å². The predicted molar refractivity (Wildman–Crippen MR) is 85.3 cm³/mol. The van der Waals surface area contributed by atoms with Crippen LogP contribution in [0.15, 0.2) is 12.3 Å². The van der Waals surface area contributed by atoms with Crippen LogP contribution in [0.1, 0.15) is 30.1 Å². The van der Waals surface area contributed by atoms with Gasteiger partial charge < -0.3 is 19.5 Å². The van der Waals surface area contributed by atoms with Crippen molar-refractivity contribution >= 4 is 23.5 Å². The fourth-order valence-corrected chi connectivity index (χ4v) is 2.79. The number of carbonyl (C=O) groups is 2. The van der Waals surface area contributed by atoms with Gasteiger partial charge in [0, 0.05) is 12.7 Å². The molecule has 24 heavy (non-hydrogen) atoms. The fraction of sp³-hybridized carbons (Fsp3) is 0.562. The van der Waals surface area contributed by atoms with E-state index >= 15 is 0 Å². The summed E-state index contributed by atoms with van der Waals surface area (Å²) in [6.45, 7) is 2.63. The van der Waals surface area contributed by atoms with E-state index in [0.29, 0.717) is 30.5 Å². The maximum Gasteiger partial charge on any atom is 0.334 e. The lowest BCUT2D eigenvalue weighted by Crippen LogP contribution is -2.51. The molecule has 1 unspecified atom stereocenters. The zero-order valence-corrected chi connectivity index (χ0v) is 14.0. The molecule has 0 radical (unpaired) electrons. The van der Waals surface area contributed by atoms with Crippen LogP contribution in [0.25, 0.3) is 0 Å². The van der Waals surface area contributed by atoms with E-state index in [1.807, 2.05) is 0 Å². The Hall–Kier alpha value is -1.86. The first kappa shape index (κ1) is 17.0. The van der Waals surface area contributed by atoms with E-state index in [0.717, 1.165) is 12.8 Å². The first-order valence-electron chi connectivity index (χ1n) is 7.90. The van der Waals surface area contributed by atoms with Crippen LogP contribution in [-0.4, -0.2) is 58.8 Å².